The molecule has 0 bridgehead atoms. The Morgan fingerprint density at radius 3 is 2.43 bits per heavy atom. The van der Waals surface area contributed by atoms with Gasteiger partial charge in [0.25, 0.3) is 0 Å². The van der Waals surface area contributed by atoms with Gasteiger partial charge >= 0.3 is 0 Å². The summed E-state index contributed by atoms with van der Waals surface area (Å²) in [5.41, 5.74) is 2.33. The van der Waals surface area contributed by atoms with Gasteiger partial charge in [-0.25, -0.2) is 0 Å². The van der Waals surface area contributed by atoms with Crippen molar-refractivity contribution in [3.63, 3.8) is 0 Å². The largest absolute Gasteiger partial charge is 0.493 e. The van der Waals surface area contributed by atoms with E-state index >= 15 is 0 Å². The number of benzene rings is 2. The topological polar surface area (TPSA) is 49.0 Å². The van der Waals surface area contributed by atoms with Crippen LogP contribution in [0.3, 0.4) is 0 Å². The molecule has 150 valence electrons. The molecule has 0 aromatic heterocycles. The molecule has 0 radical (unpaired) electrons. The molecule has 5 nitrogen and oxygen atoms in total. The maximum atomic E-state index is 6.02. The van der Waals surface area contributed by atoms with E-state index in [1.165, 1.54) is 5.56 Å². The van der Waals surface area contributed by atoms with Crippen LogP contribution in [0, 0.1) is 0 Å². The van der Waals surface area contributed by atoms with E-state index in [1.54, 1.807) is 7.11 Å². The maximum Gasteiger partial charge on any atom is 0.168 e. The predicted octanol–water partition coefficient (Wildman–Crippen LogP) is 4.05. The fourth-order valence-electron chi connectivity index (χ4n) is 3.99. The average Bonchev–Trinajstić information content (AvgIpc) is 3.21. The van der Waals surface area contributed by atoms with Crippen LogP contribution < -0.4 is 14.8 Å². The van der Waals surface area contributed by atoms with E-state index in [0.29, 0.717) is 12.6 Å². The third-order valence-electron chi connectivity index (χ3n) is 5.62. The van der Waals surface area contributed by atoms with Gasteiger partial charge in [0.1, 0.15) is 6.61 Å². The summed E-state index contributed by atoms with van der Waals surface area (Å²) in [6.07, 6.45) is 4.10. The van der Waals surface area contributed by atoms with Crippen molar-refractivity contribution < 1.29 is 18.9 Å². The summed E-state index contributed by atoms with van der Waals surface area (Å²) in [5.74, 6) is 1.24. The van der Waals surface area contributed by atoms with Gasteiger partial charge in [-0.3, -0.25) is 0 Å². The lowest BCUT2D eigenvalue weighted by molar-refractivity contribution is -0.179. The number of nitrogens with one attached hydrogen (secondary N) is 1. The van der Waals surface area contributed by atoms with Gasteiger partial charge < -0.3 is 24.3 Å². The molecule has 1 aliphatic carbocycles. The Labute approximate surface area is 166 Å². The lowest BCUT2D eigenvalue weighted by atomic mass is 9.90. The van der Waals surface area contributed by atoms with Gasteiger partial charge in [0.2, 0.25) is 0 Å². The van der Waals surface area contributed by atoms with Crippen LogP contribution in [-0.2, 0) is 22.6 Å². The van der Waals surface area contributed by atoms with Gasteiger partial charge in [-0.2, -0.15) is 0 Å². The molecule has 1 aliphatic heterocycles. The van der Waals surface area contributed by atoms with Gasteiger partial charge in [-0.1, -0.05) is 36.4 Å². The third-order valence-corrected chi connectivity index (χ3v) is 5.62. The summed E-state index contributed by atoms with van der Waals surface area (Å²) in [7, 11) is 1.67. The first-order chi connectivity index (χ1) is 13.8. The average molecular weight is 383 g/mol. The molecule has 2 fully saturated rings. The molecule has 0 atom stereocenters. The number of ether oxygens (including phenoxy) is 4. The molecule has 5 heteroatoms. The molecule has 1 N–H and O–H groups in total. The standard InChI is InChI=1S/C23H29NO4/c1-25-21-8-7-19(15-22(21)26-17-18-5-3-2-4-6-18)16-24-20-9-11-23(12-10-20)27-13-14-28-23/h2-8,15,20,24H,9-14,16-17H2,1H3. The summed E-state index contributed by atoms with van der Waals surface area (Å²) in [4.78, 5) is 0. The summed E-state index contributed by atoms with van der Waals surface area (Å²) >= 11 is 0. The Balaban J connectivity index is 1.32. The first-order valence-corrected chi connectivity index (χ1v) is 10.1. The van der Waals surface area contributed by atoms with E-state index in [0.717, 1.165) is 62.5 Å². The van der Waals surface area contributed by atoms with E-state index in [-0.39, 0.29) is 5.79 Å². The minimum atomic E-state index is -0.295. The van der Waals surface area contributed by atoms with Crippen LogP contribution in [0.5, 0.6) is 11.5 Å². The van der Waals surface area contributed by atoms with Gasteiger partial charge in [-0.15, -0.1) is 0 Å². The van der Waals surface area contributed by atoms with Crippen molar-refractivity contribution in [2.45, 2.75) is 50.7 Å². The Bertz CT molecular complexity index is 748. The van der Waals surface area contributed by atoms with Gasteiger partial charge in [0, 0.05) is 25.4 Å². The maximum absolute atomic E-state index is 6.02. The fraction of sp³-hybridized carbons (Fsp3) is 0.478. The highest BCUT2D eigenvalue weighted by atomic mass is 16.7. The molecule has 0 amide bonds. The van der Waals surface area contributed by atoms with Crippen LogP contribution in [0.4, 0.5) is 0 Å². The number of rotatable bonds is 7. The molecule has 28 heavy (non-hydrogen) atoms. The zero-order valence-corrected chi connectivity index (χ0v) is 16.5. The summed E-state index contributed by atoms with van der Waals surface area (Å²) in [5, 5.41) is 3.68. The second kappa shape index (κ2) is 8.95. The zero-order valence-electron chi connectivity index (χ0n) is 16.5. The molecule has 4 rings (SSSR count). The first-order valence-electron chi connectivity index (χ1n) is 10.1. The molecule has 0 unspecified atom stereocenters. The zero-order chi connectivity index (χ0) is 19.2. The minimum absolute atomic E-state index is 0.295. The summed E-state index contributed by atoms with van der Waals surface area (Å²) in [6.45, 7) is 2.80. The SMILES string of the molecule is COc1ccc(CNC2CCC3(CC2)OCCO3)cc1OCc1ccccc1. The molecule has 1 heterocycles. The first kappa shape index (κ1) is 19.2. The van der Waals surface area contributed by atoms with Crippen molar-refractivity contribution in [1.29, 1.82) is 0 Å². The Morgan fingerprint density at radius 1 is 0.964 bits per heavy atom. The van der Waals surface area contributed by atoms with Crippen LogP contribution in [0.2, 0.25) is 0 Å². The Hall–Kier alpha value is -2.08. The van der Waals surface area contributed by atoms with Gasteiger partial charge in [0.15, 0.2) is 17.3 Å². The van der Waals surface area contributed by atoms with E-state index in [2.05, 4.69) is 29.6 Å². The number of hydrogen-bond donors (Lipinski definition) is 1. The predicted molar refractivity (Wildman–Crippen MR) is 107 cm³/mol. The smallest absolute Gasteiger partial charge is 0.168 e. The number of hydrogen-bond acceptors (Lipinski definition) is 5. The second-order valence-electron chi connectivity index (χ2n) is 7.52. The highest BCUT2D eigenvalue weighted by Crippen LogP contribution is 2.36. The molecular formula is C23H29NO4. The Kier molecular flexibility index (Phi) is 6.15. The summed E-state index contributed by atoms with van der Waals surface area (Å²) < 4.78 is 23.1. The second-order valence-corrected chi connectivity index (χ2v) is 7.52. The molecule has 2 aromatic carbocycles. The molecular weight excluding hydrogens is 354 g/mol. The molecule has 2 aromatic rings. The van der Waals surface area contributed by atoms with Crippen molar-refractivity contribution in [2.75, 3.05) is 20.3 Å². The quantitative estimate of drug-likeness (QED) is 0.782. The summed E-state index contributed by atoms with van der Waals surface area (Å²) in [6, 6.07) is 16.8. The van der Waals surface area contributed by atoms with E-state index in [4.69, 9.17) is 18.9 Å². The third kappa shape index (κ3) is 4.66. The van der Waals surface area contributed by atoms with Crippen molar-refractivity contribution >= 4 is 0 Å². The molecule has 2 aliphatic rings. The highest BCUT2D eigenvalue weighted by Gasteiger charge is 2.40. The van der Waals surface area contributed by atoms with Gasteiger partial charge in [0.05, 0.1) is 20.3 Å². The lowest BCUT2D eigenvalue weighted by Crippen LogP contribution is -2.41. The van der Waals surface area contributed by atoms with Crippen LogP contribution in [-0.4, -0.2) is 32.2 Å². The monoisotopic (exact) mass is 383 g/mol. The van der Waals surface area contributed by atoms with Crippen LogP contribution in [0.15, 0.2) is 48.5 Å². The number of methoxy groups -OCH3 is 1. The molecule has 1 saturated carbocycles. The van der Waals surface area contributed by atoms with Gasteiger partial charge in [-0.05, 0) is 36.1 Å². The normalized spacial score (nSPS) is 19.0. The molecule has 1 spiro atoms. The lowest BCUT2D eigenvalue weighted by Gasteiger charge is -2.35. The van der Waals surface area contributed by atoms with Crippen LogP contribution in [0.25, 0.3) is 0 Å². The highest BCUT2D eigenvalue weighted by molar-refractivity contribution is 5.43. The van der Waals surface area contributed by atoms with Crippen molar-refractivity contribution in [3.05, 3.63) is 59.7 Å². The molecule has 1 saturated heterocycles. The van der Waals surface area contributed by atoms with Crippen LogP contribution >= 0.6 is 0 Å². The van der Waals surface area contributed by atoms with Crippen LogP contribution in [0.1, 0.15) is 36.8 Å². The van der Waals surface area contributed by atoms with E-state index in [9.17, 15) is 0 Å². The van der Waals surface area contributed by atoms with E-state index < -0.39 is 0 Å². The Morgan fingerprint density at radius 2 is 1.71 bits per heavy atom. The van der Waals surface area contributed by atoms with Crippen molar-refractivity contribution in [3.8, 4) is 11.5 Å². The van der Waals surface area contributed by atoms with Crippen molar-refractivity contribution in [2.24, 2.45) is 0 Å². The fourth-order valence-corrected chi connectivity index (χ4v) is 3.99. The van der Waals surface area contributed by atoms with E-state index in [1.807, 2.05) is 24.3 Å². The van der Waals surface area contributed by atoms with Crippen molar-refractivity contribution in [1.82, 2.24) is 5.32 Å². The minimum Gasteiger partial charge on any atom is -0.493 e.